The minimum Gasteiger partial charge on any atom is -0.366 e. The standard InChI is InChI=1S/C17H32N4O2.3ClH/c1-20-10-5-17(6-11-20,21-8-3-2-4-9-21)14-19-16(22)15-13-18-7-12-23-15;;;/h15,18H,2-14H2,1H3,(H,19,22);3*1H. The molecule has 3 aliphatic heterocycles. The predicted molar refractivity (Wildman–Crippen MR) is 112 cm³/mol. The highest BCUT2D eigenvalue weighted by Gasteiger charge is 2.40. The van der Waals surface area contributed by atoms with Crippen molar-refractivity contribution in [1.29, 1.82) is 0 Å². The van der Waals surface area contributed by atoms with Crippen LogP contribution in [0.1, 0.15) is 32.1 Å². The summed E-state index contributed by atoms with van der Waals surface area (Å²) in [6, 6.07) is 0. The smallest absolute Gasteiger partial charge is 0.250 e. The summed E-state index contributed by atoms with van der Waals surface area (Å²) in [5, 5.41) is 6.44. The Labute approximate surface area is 176 Å². The third-order valence-corrected chi connectivity index (χ3v) is 5.76. The Morgan fingerprint density at radius 2 is 1.77 bits per heavy atom. The monoisotopic (exact) mass is 432 g/mol. The van der Waals surface area contributed by atoms with E-state index in [1.54, 1.807) is 0 Å². The lowest BCUT2D eigenvalue weighted by molar-refractivity contribution is -0.135. The first-order valence-corrected chi connectivity index (χ1v) is 9.23. The molecule has 1 amide bonds. The number of ether oxygens (including phenoxy) is 1. The maximum absolute atomic E-state index is 12.4. The quantitative estimate of drug-likeness (QED) is 0.700. The highest BCUT2D eigenvalue weighted by atomic mass is 35.5. The zero-order valence-corrected chi connectivity index (χ0v) is 18.2. The molecule has 3 fully saturated rings. The van der Waals surface area contributed by atoms with Gasteiger partial charge in [-0.25, -0.2) is 0 Å². The van der Waals surface area contributed by atoms with Crippen LogP contribution in [0.25, 0.3) is 0 Å². The first kappa shape index (κ1) is 26.2. The molecule has 0 aromatic rings. The van der Waals surface area contributed by atoms with Gasteiger partial charge in [0.05, 0.1) is 6.61 Å². The van der Waals surface area contributed by atoms with Crippen LogP contribution in [0, 0.1) is 0 Å². The van der Waals surface area contributed by atoms with E-state index in [9.17, 15) is 4.79 Å². The number of carbonyl (C=O) groups excluding carboxylic acids is 1. The molecular formula is C17H35Cl3N4O2. The largest absolute Gasteiger partial charge is 0.366 e. The lowest BCUT2D eigenvalue weighted by Gasteiger charge is -2.50. The summed E-state index contributed by atoms with van der Waals surface area (Å²) >= 11 is 0. The van der Waals surface area contributed by atoms with E-state index in [-0.39, 0.29) is 54.8 Å². The molecule has 156 valence electrons. The van der Waals surface area contributed by atoms with Gasteiger partial charge in [0.1, 0.15) is 6.10 Å². The molecular weight excluding hydrogens is 399 g/mol. The van der Waals surface area contributed by atoms with Gasteiger partial charge >= 0.3 is 0 Å². The molecule has 0 bridgehead atoms. The number of piperidine rings is 2. The van der Waals surface area contributed by atoms with E-state index in [2.05, 4.69) is 27.5 Å². The Kier molecular flexibility index (Phi) is 12.7. The number of amides is 1. The van der Waals surface area contributed by atoms with E-state index in [4.69, 9.17) is 4.74 Å². The molecule has 3 rings (SSSR count). The Balaban J connectivity index is 0.00000208. The molecule has 6 nitrogen and oxygen atoms in total. The Morgan fingerprint density at radius 3 is 2.35 bits per heavy atom. The topological polar surface area (TPSA) is 56.8 Å². The van der Waals surface area contributed by atoms with Gasteiger partial charge in [0, 0.05) is 25.2 Å². The van der Waals surface area contributed by atoms with Gasteiger partial charge in [-0.1, -0.05) is 6.42 Å². The van der Waals surface area contributed by atoms with E-state index in [1.165, 1.54) is 32.4 Å². The normalized spacial score (nSPS) is 26.6. The van der Waals surface area contributed by atoms with Crippen molar-refractivity contribution in [3.63, 3.8) is 0 Å². The number of morpholine rings is 1. The summed E-state index contributed by atoms with van der Waals surface area (Å²) in [5.41, 5.74) is 0.144. The van der Waals surface area contributed by atoms with Crippen LogP contribution in [0.5, 0.6) is 0 Å². The molecule has 0 aromatic heterocycles. The fourth-order valence-corrected chi connectivity index (χ4v) is 4.11. The molecule has 26 heavy (non-hydrogen) atoms. The minimum absolute atomic E-state index is 0. The van der Waals surface area contributed by atoms with Gasteiger partial charge < -0.3 is 20.3 Å². The van der Waals surface area contributed by atoms with Gasteiger partial charge in [-0.15, -0.1) is 37.2 Å². The summed E-state index contributed by atoms with van der Waals surface area (Å²) in [6.07, 6.45) is 5.90. The van der Waals surface area contributed by atoms with Gasteiger partial charge in [-0.05, 0) is 58.9 Å². The van der Waals surface area contributed by atoms with Crippen molar-refractivity contribution in [2.45, 2.75) is 43.7 Å². The lowest BCUT2D eigenvalue weighted by Crippen LogP contribution is -2.62. The first-order valence-electron chi connectivity index (χ1n) is 9.23. The van der Waals surface area contributed by atoms with E-state index in [0.717, 1.165) is 39.0 Å². The molecule has 3 aliphatic rings. The van der Waals surface area contributed by atoms with E-state index in [0.29, 0.717) is 13.2 Å². The highest BCUT2D eigenvalue weighted by molar-refractivity contribution is 5.86. The molecule has 3 heterocycles. The average Bonchev–Trinajstić information content (AvgIpc) is 2.63. The van der Waals surface area contributed by atoms with Gasteiger partial charge in [0.15, 0.2) is 0 Å². The molecule has 2 N–H and O–H groups in total. The SMILES string of the molecule is CN1CCC(CNC(=O)C2CNCCO2)(N2CCCCC2)CC1.Cl.Cl.Cl. The zero-order chi connectivity index (χ0) is 16.1. The number of halogens is 3. The van der Waals surface area contributed by atoms with Crippen LogP contribution in [0.4, 0.5) is 0 Å². The predicted octanol–water partition coefficient (Wildman–Crippen LogP) is 1.31. The number of nitrogens with one attached hydrogen (secondary N) is 2. The molecule has 0 saturated carbocycles. The number of hydrogen-bond donors (Lipinski definition) is 2. The van der Waals surface area contributed by atoms with Crippen molar-refractivity contribution in [2.75, 3.05) is 59.5 Å². The molecule has 0 spiro atoms. The lowest BCUT2D eigenvalue weighted by atomic mass is 9.84. The third kappa shape index (κ3) is 6.66. The van der Waals surface area contributed by atoms with Gasteiger partial charge in [-0.2, -0.15) is 0 Å². The van der Waals surface area contributed by atoms with Crippen molar-refractivity contribution >= 4 is 43.1 Å². The van der Waals surface area contributed by atoms with Crippen LogP contribution in [0.15, 0.2) is 0 Å². The number of nitrogens with zero attached hydrogens (tertiary/aromatic N) is 2. The number of rotatable bonds is 4. The molecule has 1 unspecified atom stereocenters. The van der Waals surface area contributed by atoms with Crippen LogP contribution in [0.3, 0.4) is 0 Å². The zero-order valence-electron chi connectivity index (χ0n) is 15.7. The average molecular weight is 434 g/mol. The first-order chi connectivity index (χ1) is 11.2. The van der Waals surface area contributed by atoms with Gasteiger partial charge in [-0.3, -0.25) is 9.69 Å². The van der Waals surface area contributed by atoms with Gasteiger partial charge in [0.2, 0.25) is 0 Å². The number of carbonyl (C=O) groups is 1. The minimum atomic E-state index is -0.326. The molecule has 1 atom stereocenters. The van der Waals surface area contributed by atoms with Crippen molar-refractivity contribution in [1.82, 2.24) is 20.4 Å². The van der Waals surface area contributed by atoms with Gasteiger partial charge in [0.25, 0.3) is 5.91 Å². The van der Waals surface area contributed by atoms with Crippen LogP contribution in [0.2, 0.25) is 0 Å². The number of likely N-dealkylation sites (tertiary alicyclic amines) is 2. The Hall–Kier alpha value is 0.180. The second-order valence-corrected chi connectivity index (χ2v) is 7.36. The fourth-order valence-electron chi connectivity index (χ4n) is 4.11. The van der Waals surface area contributed by atoms with Crippen molar-refractivity contribution < 1.29 is 9.53 Å². The second-order valence-electron chi connectivity index (χ2n) is 7.36. The summed E-state index contributed by atoms with van der Waals surface area (Å²) in [4.78, 5) is 17.5. The van der Waals surface area contributed by atoms with Crippen molar-refractivity contribution in [3.05, 3.63) is 0 Å². The molecule has 3 saturated heterocycles. The van der Waals surface area contributed by atoms with Crippen LogP contribution in [-0.2, 0) is 9.53 Å². The van der Waals surface area contributed by atoms with E-state index < -0.39 is 0 Å². The molecule has 0 aromatic carbocycles. The van der Waals surface area contributed by atoms with Crippen molar-refractivity contribution in [3.8, 4) is 0 Å². The maximum Gasteiger partial charge on any atom is 0.250 e. The van der Waals surface area contributed by atoms with Crippen LogP contribution >= 0.6 is 37.2 Å². The van der Waals surface area contributed by atoms with E-state index >= 15 is 0 Å². The summed E-state index contributed by atoms with van der Waals surface area (Å²) in [6.45, 7) is 7.46. The number of hydrogen-bond acceptors (Lipinski definition) is 5. The summed E-state index contributed by atoms with van der Waals surface area (Å²) in [5.74, 6) is 0.0486. The Bertz CT molecular complexity index is 397. The van der Waals surface area contributed by atoms with Crippen LogP contribution < -0.4 is 10.6 Å². The van der Waals surface area contributed by atoms with Crippen LogP contribution in [-0.4, -0.2) is 86.8 Å². The van der Waals surface area contributed by atoms with Crippen molar-refractivity contribution in [2.24, 2.45) is 0 Å². The highest BCUT2D eigenvalue weighted by Crippen LogP contribution is 2.30. The summed E-state index contributed by atoms with van der Waals surface area (Å²) in [7, 11) is 2.19. The fraction of sp³-hybridized carbons (Fsp3) is 0.941. The third-order valence-electron chi connectivity index (χ3n) is 5.76. The Morgan fingerprint density at radius 1 is 1.12 bits per heavy atom. The molecule has 0 radical (unpaired) electrons. The molecule has 0 aliphatic carbocycles. The van der Waals surface area contributed by atoms with E-state index in [1.807, 2.05) is 0 Å². The maximum atomic E-state index is 12.4. The second kappa shape index (κ2) is 12.6. The molecule has 9 heteroatoms. The summed E-state index contributed by atoms with van der Waals surface area (Å²) < 4.78 is 5.58.